The molecule has 0 fully saturated rings. The van der Waals surface area contributed by atoms with Gasteiger partial charge in [-0.05, 0) is 49.6 Å². The molecule has 0 saturated carbocycles. The lowest BCUT2D eigenvalue weighted by Crippen LogP contribution is -2.22. The zero-order chi connectivity index (χ0) is 23.8. The number of nitrogens with zero attached hydrogens (tertiary/aromatic N) is 3. The van der Waals surface area contributed by atoms with E-state index >= 15 is 0 Å². The first-order valence-corrected chi connectivity index (χ1v) is 11.9. The van der Waals surface area contributed by atoms with Crippen molar-refractivity contribution in [3.05, 3.63) is 76.1 Å². The molecule has 0 aliphatic carbocycles. The molecule has 7 nitrogen and oxygen atoms in total. The fourth-order valence-electron chi connectivity index (χ4n) is 3.19. The van der Waals surface area contributed by atoms with Crippen LogP contribution in [0.5, 0.6) is 0 Å². The van der Waals surface area contributed by atoms with Crippen molar-refractivity contribution in [2.45, 2.75) is 39.0 Å². The number of hydrogen-bond donors (Lipinski definition) is 2. The van der Waals surface area contributed by atoms with Gasteiger partial charge in [-0.25, -0.2) is 0 Å². The molecule has 3 aromatic rings. The number of anilines is 1. The first-order chi connectivity index (χ1) is 15.9. The average Bonchev–Trinajstić information content (AvgIpc) is 3.20. The minimum Gasteiger partial charge on any atom is -0.345 e. The number of para-hydroxylation sites is 1. The third-order valence-corrected chi connectivity index (χ3v) is 6.24. The zero-order valence-electron chi connectivity index (χ0n) is 18.8. The van der Waals surface area contributed by atoms with E-state index in [9.17, 15) is 9.59 Å². The molecule has 3 rings (SSSR count). The summed E-state index contributed by atoms with van der Waals surface area (Å²) in [5, 5.41) is 15.4. The number of hydrogen-bond acceptors (Lipinski definition) is 5. The number of carbonyl (C=O) groups is 2. The maximum atomic E-state index is 12.5. The lowest BCUT2D eigenvalue weighted by molar-refractivity contribution is -0.116. The van der Waals surface area contributed by atoms with E-state index in [1.807, 2.05) is 61.7 Å². The Morgan fingerprint density at radius 2 is 1.82 bits per heavy atom. The SMILES string of the molecule is CCn1c(CNC(=O)/C=C/c2ccccc2Cl)nnc1SCC(=O)Nc1c(C)cccc1C. The van der Waals surface area contributed by atoms with Gasteiger partial charge in [0.2, 0.25) is 11.8 Å². The van der Waals surface area contributed by atoms with Crippen molar-refractivity contribution < 1.29 is 9.59 Å². The highest BCUT2D eigenvalue weighted by Gasteiger charge is 2.14. The number of aryl methyl sites for hydroxylation is 2. The molecule has 0 aliphatic heterocycles. The first kappa shape index (κ1) is 24.5. The van der Waals surface area contributed by atoms with Crippen molar-refractivity contribution in [2.75, 3.05) is 11.1 Å². The first-order valence-electron chi connectivity index (χ1n) is 10.5. The zero-order valence-corrected chi connectivity index (χ0v) is 20.3. The molecular formula is C24H26ClN5O2S. The van der Waals surface area contributed by atoms with Crippen LogP contribution in [-0.4, -0.2) is 32.3 Å². The highest BCUT2D eigenvalue weighted by Crippen LogP contribution is 2.21. The molecule has 0 radical (unpaired) electrons. The normalized spacial score (nSPS) is 11.0. The molecule has 2 aromatic carbocycles. The summed E-state index contributed by atoms with van der Waals surface area (Å²) in [4.78, 5) is 24.7. The summed E-state index contributed by atoms with van der Waals surface area (Å²) in [6, 6.07) is 13.2. The van der Waals surface area contributed by atoms with Crippen LogP contribution >= 0.6 is 23.4 Å². The van der Waals surface area contributed by atoms with Crippen molar-refractivity contribution in [1.82, 2.24) is 20.1 Å². The van der Waals surface area contributed by atoms with E-state index in [4.69, 9.17) is 11.6 Å². The van der Waals surface area contributed by atoms with Gasteiger partial charge in [0.15, 0.2) is 11.0 Å². The molecule has 172 valence electrons. The summed E-state index contributed by atoms with van der Waals surface area (Å²) in [5.41, 5.74) is 3.65. The van der Waals surface area contributed by atoms with Crippen LogP contribution < -0.4 is 10.6 Å². The van der Waals surface area contributed by atoms with Crippen molar-refractivity contribution in [3.63, 3.8) is 0 Å². The Bertz CT molecular complexity index is 1160. The molecule has 9 heteroatoms. The molecule has 0 aliphatic rings. The lowest BCUT2D eigenvalue weighted by atomic mass is 10.1. The molecule has 1 heterocycles. The van der Waals surface area contributed by atoms with Gasteiger partial charge in [0.1, 0.15) is 0 Å². The highest BCUT2D eigenvalue weighted by atomic mass is 35.5. The topological polar surface area (TPSA) is 88.9 Å². The van der Waals surface area contributed by atoms with Gasteiger partial charge >= 0.3 is 0 Å². The summed E-state index contributed by atoms with van der Waals surface area (Å²) < 4.78 is 1.88. The van der Waals surface area contributed by atoms with Gasteiger partial charge in [-0.15, -0.1) is 10.2 Å². The summed E-state index contributed by atoms with van der Waals surface area (Å²) in [6.45, 7) is 6.74. The monoisotopic (exact) mass is 483 g/mol. The maximum absolute atomic E-state index is 12.5. The molecule has 2 amide bonds. The van der Waals surface area contributed by atoms with Crippen LogP contribution in [0.4, 0.5) is 5.69 Å². The molecule has 1 aromatic heterocycles. The van der Waals surface area contributed by atoms with Crippen LogP contribution in [0.2, 0.25) is 5.02 Å². The number of benzene rings is 2. The number of nitrogens with one attached hydrogen (secondary N) is 2. The maximum Gasteiger partial charge on any atom is 0.244 e. The van der Waals surface area contributed by atoms with Gasteiger partial charge in [0.25, 0.3) is 0 Å². The van der Waals surface area contributed by atoms with Crippen LogP contribution in [0.15, 0.2) is 53.7 Å². The largest absolute Gasteiger partial charge is 0.345 e. The van der Waals surface area contributed by atoms with Gasteiger partial charge < -0.3 is 15.2 Å². The van der Waals surface area contributed by atoms with E-state index in [2.05, 4.69) is 20.8 Å². The number of halogens is 1. The average molecular weight is 484 g/mol. The number of rotatable bonds is 9. The molecule has 0 atom stereocenters. The molecular weight excluding hydrogens is 458 g/mol. The lowest BCUT2D eigenvalue weighted by Gasteiger charge is -2.11. The Balaban J connectivity index is 1.55. The molecule has 0 spiro atoms. The Hall–Kier alpha value is -3.10. The second-order valence-electron chi connectivity index (χ2n) is 7.32. The van der Waals surface area contributed by atoms with Crippen molar-refractivity contribution in [2.24, 2.45) is 0 Å². The third-order valence-electron chi connectivity index (χ3n) is 4.93. The summed E-state index contributed by atoms with van der Waals surface area (Å²) in [7, 11) is 0. The Labute approximate surface area is 202 Å². The van der Waals surface area contributed by atoms with Crippen LogP contribution in [0.25, 0.3) is 6.08 Å². The third kappa shape index (κ3) is 6.69. The Kier molecular flexibility index (Phi) is 8.68. The Morgan fingerprint density at radius 1 is 1.09 bits per heavy atom. The number of carbonyl (C=O) groups excluding carboxylic acids is 2. The minimum atomic E-state index is -0.261. The number of thioether (sulfide) groups is 1. The molecule has 33 heavy (non-hydrogen) atoms. The summed E-state index contributed by atoms with van der Waals surface area (Å²) in [5.74, 6) is 0.457. The second-order valence-corrected chi connectivity index (χ2v) is 8.67. The fraction of sp³-hybridized carbons (Fsp3) is 0.250. The fourth-order valence-corrected chi connectivity index (χ4v) is 4.21. The molecule has 0 bridgehead atoms. The predicted octanol–water partition coefficient (Wildman–Crippen LogP) is 4.63. The van der Waals surface area contributed by atoms with Gasteiger partial charge in [0, 0.05) is 23.3 Å². The number of aromatic nitrogens is 3. The van der Waals surface area contributed by atoms with E-state index in [-0.39, 0.29) is 24.1 Å². The van der Waals surface area contributed by atoms with Crippen LogP contribution in [0.1, 0.15) is 29.4 Å². The van der Waals surface area contributed by atoms with E-state index in [1.165, 1.54) is 17.8 Å². The molecule has 0 saturated heterocycles. The second kappa shape index (κ2) is 11.7. The van der Waals surface area contributed by atoms with Gasteiger partial charge in [-0.1, -0.05) is 59.8 Å². The molecule has 2 N–H and O–H groups in total. The van der Waals surface area contributed by atoms with E-state index < -0.39 is 0 Å². The van der Waals surface area contributed by atoms with Crippen molar-refractivity contribution in [3.8, 4) is 0 Å². The summed E-state index contributed by atoms with van der Waals surface area (Å²) >= 11 is 7.41. The number of amides is 2. The van der Waals surface area contributed by atoms with Crippen LogP contribution in [0, 0.1) is 13.8 Å². The smallest absolute Gasteiger partial charge is 0.244 e. The minimum absolute atomic E-state index is 0.109. The van der Waals surface area contributed by atoms with Gasteiger partial charge in [-0.2, -0.15) is 0 Å². The van der Waals surface area contributed by atoms with E-state index in [0.717, 1.165) is 22.4 Å². The standard InChI is InChI=1S/C24H26ClN5O2S/c1-4-30-20(14-26-21(31)13-12-18-10-5-6-11-19(18)25)28-29-24(30)33-15-22(32)27-23-16(2)8-7-9-17(23)3/h5-13H,4,14-15H2,1-3H3,(H,26,31)(H,27,32)/b13-12+. The van der Waals surface area contributed by atoms with E-state index in [0.29, 0.717) is 22.5 Å². The van der Waals surface area contributed by atoms with Crippen molar-refractivity contribution in [1.29, 1.82) is 0 Å². The predicted molar refractivity (Wildman–Crippen MR) is 133 cm³/mol. The quantitative estimate of drug-likeness (QED) is 0.342. The van der Waals surface area contributed by atoms with Crippen molar-refractivity contribution >= 4 is 46.9 Å². The summed E-state index contributed by atoms with van der Waals surface area (Å²) in [6.07, 6.45) is 3.10. The highest BCUT2D eigenvalue weighted by molar-refractivity contribution is 7.99. The molecule has 0 unspecified atom stereocenters. The van der Waals surface area contributed by atoms with Crippen LogP contribution in [-0.2, 0) is 22.7 Å². The van der Waals surface area contributed by atoms with Crippen LogP contribution in [0.3, 0.4) is 0 Å². The van der Waals surface area contributed by atoms with Gasteiger partial charge in [-0.3, -0.25) is 9.59 Å². The van der Waals surface area contributed by atoms with E-state index in [1.54, 1.807) is 12.1 Å². The Morgan fingerprint density at radius 3 is 2.52 bits per heavy atom. The van der Waals surface area contributed by atoms with Gasteiger partial charge in [0.05, 0.1) is 12.3 Å².